The minimum atomic E-state index is -0.237. The summed E-state index contributed by atoms with van der Waals surface area (Å²) in [6.07, 6.45) is 0.907. The molecular formula is C21H26N2O3. The van der Waals surface area contributed by atoms with Crippen LogP contribution in [0.5, 0.6) is 5.75 Å². The molecule has 1 N–H and O–H groups in total. The number of carbonyl (C=O) groups is 2. The maximum absolute atomic E-state index is 12.5. The molecule has 0 aliphatic heterocycles. The number of nitrogens with one attached hydrogen (secondary N) is 1. The zero-order valence-corrected chi connectivity index (χ0v) is 15.6. The van der Waals surface area contributed by atoms with Crippen LogP contribution in [0, 0.1) is 0 Å². The minimum Gasteiger partial charge on any atom is -0.494 e. The number of hydrogen-bond acceptors (Lipinski definition) is 3. The molecule has 0 aliphatic carbocycles. The van der Waals surface area contributed by atoms with E-state index in [1.165, 1.54) is 0 Å². The highest BCUT2D eigenvalue weighted by molar-refractivity contribution is 6.05. The largest absolute Gasteiger partial charge is 0.494 e. The van der Waals surface area contributed by atoms with E-state index in [0.29, 0.717) is 42.3 Å². The van der Waals surface area contributed by atoms with Crippen LogP contribution in [0.2, 0.25) is 0 Å². The first kappa shape index (κ1) is 19.5. The Bertz CT molecular complexity index is 754. The molecule has 138 valence electrons. The van der Waals surface area contributed by atoms with E-state index in [4.69, 9.17) is 4.74 Å². The van der Waals surface area contributed by atoms with Crippen LogP contribution in [0.15, 0.2) is 48.5 Å². The standard InChI is InChI=1S/C21H26N2O3/c1-4-13-26-19-12-8-9-16(15-19)20(24)22-18-11-7-10-17(14-18)21(25)23(5-2)6-3/h7-12,14-15H,4-6,13H2,1-3H3,(H,22,24). The second-order valence-corrected chi connectivity index (χ2v) is 5.89. The molecule has 5 nitrogen and oxygen atoms in total. The van der Waals surface area contributed by atoms with E-state index in [-0.39, 0.29) is 11.8 Å². The van der Waals surface area contributed by atoms with Crippen LogP contribution in [-0.2, 0) is 0 Å². The van der Waals surface area contributed by atoms with E-state index in [1.54, 1.807) is 47.4 Å². The molecule has 0 spiro atoms. The Morgan fingerprint density at radius 3 is 2.35 bits per heavy atom. The lowest BCUT2D eigenvalue weighted by atomic mass is 10.1. The highest BCUT2D eigenvalue weighted by Crippen LogP contribution is 2.17. The predicted octanol–water partition coefficient (Wildman–Crippen LogP) is 4.21. The first-order valence-corrected chi connectivity index (χ1v) is 9.02. The van der Waals surface area contributed by atoms with E-state index >= 15 is 0 Å². The third kappa shape index (κ3) is 5.09. The summed E-state index contributed by atoms with van der Waals surface area (Å²) in [5.74, 6) is 0.394. The van der Waals surface area contributed by atoms with Crippen LogP contribution in [0.4, 0.5) is 5.69 Å². The molecule has 5 heteroatoms. The average molecular weight is 354 g/mol. The zero-order chi connectivity index (χ0) is 18.9. The summed E-state index contributed by atoms with van der Waals surface area (Å²) >= 11 is 0. The fourth-order valence-electron chi connectivity index (χ4n) is 2.57. The number of ether oxygens (including phenoxy) is 1. The highest BCUT2D eigenvalue weighted by Gasteiger charge is 2.14. The Morgan fingerprint density at radius 1 is 0.962 bits per heavy atom. The number of hydrogen-bond donors (Lipinski definition) is 1. The Balaban J connectivity index is 2.12. The molecule has 2 aromatic carbocycles. The van der Waals surface area contributed by atoms with Crippen molar-refractivity contribution < 1.29 is 14.3 Å². The van der Waals surface area contributed by atoms with Gasteiger partial charge in [-0.3, -0.25) is 9.59 Å². The first-order valence-electron chi connectivity index (χ1n) is 9.02. The molecule has 0 saturated carbocycles. The van der Waals surface area contributed by atoms with Gasteiger partial charge in [0.25, 0.3) is 11.8 Å². The lowest BCUT2D eigenvalue weighted by molar-refractivity contribution is 0.0772. The van der Waals surface area contributed by atoms with Crippen LogP contribution in [0.25, 0.3) is 0 Å². The van der Waals surface area contributed by atoms with Gasteiger partial charge < -0.3 is 15.0 Å². The molecule has 0 fully saturated rings. The van der Waals surface area contributed by atoms with E-state index in [1.807, 2.05) is 26.8 Å². The number of anilines is 1. The minimum absolute atomic E-state index is 0.0407. The van der Waals surface area contributed by atoms with Gasteiger partial charge in [0.1, 0.15) is 5.75 Å². The Kier molecular flexibility index (Phi) is 7.21. The van der Waals surface area contributed by atoms with Gasteiger partial charge in [-0.1, -0.05) is 19.1 Å². The maximum atomic E-state index is 12.5. The monoisotopic (exact) mass is 354 g/mol. The summed E-state index contributed by atoms with van der Waals surface area (Å²) in [5.41, 5.74) is 1.67. The molecule has 0 saturated heterocycles. The van der Waals surface area contributed by atoms with Gasteiger partial charge in [-0.25, -0.2) is 0 Å². The Morgan fingerprint density at radius 2 is 1.65 bits per heavy atom. The van der Waals surface area contributed by atoms with Crippen LogP contribution in [0.3, 0.4) is 0 Å². The van der Waals surface area contributed by atoms with Gasteiger partial charge >= 0.3 is 0 Å². The molecule has 2 aromatic rings. The molecule has 0 heterocycles. The van der Waals surface area contributed by atoms with E-state index in [2.05, 4.69) is 5.32 Å². The lowest BCUT2D eigenvalue weighted by Gasteiger charge is -2.19. The lowest BCUT2D eigenvalue weighted by Crippen LogP contribution is -2.30. The van der Waals surface area contributed by atoms with Crippen LogP contribution < -0.4 is 10.1 Å². The van der Waals surface area contributed by atoms with Crippen LogP contribution >= 0.6 is 0 Å². The number of nitrogens with zero attached hydrogens (tertiary/aromatic N) is 1. The average Bonchev–Trinajstić information content (AvgIpc) is 2.67. The van der Waals surface area contributed by atoms with E-state index in [9.17, 15) is 9.59 Å². The van der Waals surface area contributed by atoms with Gasteiger partial charge in [-0.05, 0) is 56.7 Å². The van der Waals surface area contributed by atoms with Crippen LogP contribution in [-0.4, -0.2) is 36.4 Å². The molecule has 0 aromatic heterocycles. The number of benzene rings is 2. The Labute approximate surface area is 155 Å². The molecular weight excluding hydrogens is 328 g/mol. The summed E-state index contributed by atoms with van der Waals surface area (Å²) in [5, 5.41) is 2.85. The normalized spacial score (nSPS) is 10.3. The van der Waals surface area contributed by atoms with Gasteiger partial charge in [0.05, 0.1) is 6.61 Å². The summed E-state index contributed by atoms with van der Waals surface area (Å²) in [6.45, 7) is 7.83. The SMILES string of the molecule is CCCOc1cccc(C(=O)Nc2cccc(C(=O)N(CC)CC)c2)c1. The Hall–Kier alpha value is -2.82. The molecule has 0 atom stereocenters. The van der Waals surface area contributed by atoms with Gasteiger partial charge in [0.15, 0.2) is 0 Å². The van der Waals surface area contributed by atoms with Crippen molar-refractivity contribution in [1.82, 2.24) is 4.90 Å². The highest BCUT2D eigenvalue weighted by atomic mass is 16.5. The maximum Gasteiger partial charge on any atom is 0.255 e. The smallest absolute Gasteiger partial charge is 0.255 e. The van der Waals surface area contributed by atoms with Crippen molar-refractivity contribution in [1.29, 1.82) is 0 Å². The summed E-state index contributed by atoms with van der Waals surface area (Å²) in [6, 6.07) is 14.1. The van der Waals surface area contributed by atoms with Crippen molar-refractivity contribution in [3.8, 4) is 5.75 Å². The molecule has 2 amide bonds. The van der Waals surface area contributed by atoms with Crippen molar-refractivity contribution in [3.63, 3.8) is 0 Å². The van der Waals surface area contributed by atoms with Crippen molar-refractivity contribution in [2.45, 2.75) is 27.2 Å². The summed E-state index contributed by atoms with van der Waals surface area (Å²) < 4.78 is 5.57. The third-order valence-electron chi connectivity index (χ3n) is 3.99. The second-order valence-electron chi connectivity index (χ2n) is 5.89. The molecule has 26 heavy (non-hydrogen) atoms. The summed E-state index contributed by atoms with van der Waals surface area (Å²) in [4.78, 5) is 26.7. The third-order valence-corrected chi connectivity index (χ3v) is 3.99. The second kappa shape index (κ2) is 9.61. The van der Waals surface area contributed by atoms with E-state index in [0.717, 1.165) is 6.42 Å². The van der Waals surface area contributed by atoms with Crippen molar-refractivity contribution in [3.05, 3.63) is 59.7 Å². The molecule has 0 aliphatic rings. The first-order chi connectivity index (χ1) is 12.6. The van der Waals surface area contributed by atoms with Crippen molar-refractivity contribution in [2.24, 2.45) is 0 Å². The van der Waals surface area contributed by atoms with Gasteiger partial charge in [0.2, 0.25) is 0 Å². The number of amides is 2. The quantitative estimate of drug-likeness (QED) is 0.772. The van der Waals surface area contributed by atoms with E-state index < -0.39 is 0 Å². The zero-order valence-electron chi connectivity index (χ0n) is 15.6. The fourth-order valence-corrected chi connectivity index (χ4v) is 2.57. The predicted molar refractivity (Wildman–Crippen MR) is 104 cm³/mol. The van der Waals surface area contributed by atoms with Gasteiger partial charge in [-0.2, -0.15) is 0 Å². The topological polar surface area (TPSA) is 58.6 Å². The van der Waals surface area contributed by atoms with Crippen LogP contribution in [0.1, 0.15) is 47.9 Å². The number of rotatable bonds is 8. The van der Waals surface area contributed by atoms with Crippen molar-refractivity contribution >= 4 is 17.5 Å². The molecule has 0 radical (unpaired) electrons. The molecule has 0 unspecified atom stereocenters. The van der Waals surface area contributed by atoms with Crippen molar-refractivity contribution in [2.75, 3.05) is 25.0 Å². The number of carbonyl (C=O) groups excluding carboxylic acids is 2. The molecule has 2 rings (SSSR count). The van der Waals surface area contributed by atoms with Gasteiger partial charge in [-0.15, -0.1) is 0 Å². The fraction of sp³-hybridized carbons (Fsp3) is 0.333. The summed E-state index contributed by atoms with van der Waals surface area (Å²) in [7, 11) is 0. The molecule has 0 bridgehead atoms. The van der Waals surface area contributed by atoms with Gasteiger partial charge in [0, 0.05) is 29.9 Å².